The van der Waals surface area contributed by atoms with E-state index in [1.807, 2.05) is 12.1 Å². The lowest BCUT2D eigenvalue weighted by atomic mass is 10.00. The Morgan fingerprint density at radius 1 is 1.06 bits per heavy atom. The number of aryl methyl sites for hydroxylation is 1. The van der Waals surface area contributed by atoms with E-state index in [1.54, 1.807) is 36.4 Å². The number of aliphatic hydroxyl groups excluding tert-OH is 1. The largest absolute Gasteiger partial charge is 0.481 e. The number of hydrogen-bond acceptors (Lipinski definition) is 9. The van der Waals surface area contributed by atoms with E-state index in [9.17, 15) is 23.1 Å². The Morgan fingerprint density at radius 2 is 1.79 bits per heavy atom. The van der Waals surface area contributed by atoms with E-state index in [0.717, 1.165) is 16.3 Å². The number of hydrogen-bond donors (Lipinski definition) is 3. The average molecular weight is 702 g/mol. The number of anilines is 2. The molecule has 1 aliphatic rings. The second kappa shape index (κ2) is 13.7. The summed E-state index contributed by atoms with van der Waals surface area (Å²) in [5.41, 5.74) is 1.29. The molecule has 1 saturated heterocycles. The van der Waals surface area contributed by atoms with Crippen molar-refractivity contribution in [3.63, 3.8) is 0 Å². The van der Waals surface area contributed by atoms with Gasteiger partial charge in [0.1, 0.15) is 11.5 Å². The van der Waals surface area contributed by atoms with Gasteiger partial charge in [0.05, 0.1) is 52.8 Å². The number of fused-ring (bicyclic) bond motifs is 1. The zero-order valence-electron chi connectivity index (χ0n) is 25.6. The summed E-state index contributed by atoms with van der Waals surface area (Å²) in [5, 5.41) is 20.6. The van der Waals surface area contributed by atoms with Crippen molar-refractivity contribution in [2.24, 2.45) is 7.05 Å². The smallest absolute Gasteiger partial charge is 0.433 e. The third-order valence-electron chi connectivity index (χ3n) is 8.05. The molecular weight excluding hydrogens is 672 g/mol. The fourth-order valence-electron chi connectivity index (χ4n) is 5.52. The van der Waals surface area contributed by atoms with Crippen LogP contribution in [0.15, 0.2) is 65.6 Å². The highest BCUT2D eigenvalue weighted by molar-refractivity contribution is 6.39. The van der Waals surface area contributed by atoms with Crippen molar-refractivity contribution in [1.82, 2.24) is 25.1 Å². The van der Waals surface area contributed by atoms with Crippen LogP contribution in [0.4, 0.5) is 24.7 Å². The highest BCUT2D eigenvalue weighted by Crippen LogP contribution is 2.42. The van der Waals surface area contributed by atoms with Crippen molar-refractivity contribution in [2.45, 2.75) is 31.3 Å². The number of alkyl halides is 3. The van der Waals surface area contributed by atoms with Gasteiger partial charge in [-0.25, -0.2) is 14.6 Å². The first-order valence-electron chi connectivity index (χ1n) is 14.8. The third kappa shape index (κ3) is 6.69. The Labute approximate surface area is 282 Å². The van der Waals surface area contributed by atoms with Crippen LogP contribution in [0.3, 0.4) is 0 Å². The van der Waals surface area contributed by atoms with Crippen LogP contribution in [0.5, 0.6) is 5.88 Å². The molecule has 10 nitrogen and oxygen atoms in total. The molecule has 0 aliphatic carbocycles. The van der Waals surface area contributed by atoms with Crippen LogP contribution < -0.4 is 20.9 Å². The molecule has 15 heteroatoms. The minimum Gasteiger partial charge on any atom is -0.481 e. The molecule has 0 spiro atoms. The van der Waals surface area contributed by atoms with E-state index in [-0.39, 0.29) is 39.9 Å². The molecule has 4 heterocycles. The number of halogens is 5. The Kier molecular flexibility index (Phi) is 9.59. The summed E-state index contributed by atoms with van der Waals surface area (Å²) >= 11 is 13.8. The summed E-state index contributed by atoms with van der Waals surface area (Å²) in [5.74, 6) is 0.0633. The average Bonchev–Trinajstić information content (AvgIpc) is 3.06. The summed E-state index contributed by atoms with van der Waals surface area (Å²) in [7, 11) is 2.91. The number of nitrogens with one attached hydrogen (secondary N) is 2. The fraction of sp³-hybridized carbons (Fsp3) is 0.273. The summed E-state index contributed by atoms with van der Waals surface area (Å²) in [6.07, 6.45) is -3.53. The molecule has 3 aromatic heterocycles. The Bertz CT molecular complexity index is 2060. The van der Waals surface area contributed by atoms with E-state index in [2.05, 4.69) is 20.7 Å². The lowest BCUT2D eigenvalue weighted by Crippen LogP contribution is -2.46. The van der Waals surface area contributed by atoms with Crippen LogP contribution in [0.2, 0.25) is 10.0 Å². The molecule has 6 rings (SSSR count). The predicted octanol–water partition coefficient (Wildman–Crippen LogP) is 6.37. The topological polar surface area (TPSA) is 123 Å². The lowest BCUT2D eigenvalue weighted by Gasteiger charge is -2.28. The fourth-order valence-corrected chi connectivity index (χ4v) is 6.12. The van der Waals surface area contributed by atoms with Crippen LogP contribution in [0.25, 0.3) is 33.2 Å². The SMILES string of the molecule is COc1nc(-c2cccc(-c3cccc(Nc4nc(C(F)(F)F)cc5cnn(C)c(=O)c45)c3Cl)c2Cl)ccc1CN[C@@H]1CCOC[C@@H]1O. The van der Waals surface area contributed by atoms with Gasteiger partial charge in [-0.15, -0.1) is 0 Å². The number of methoxy groups -OCH3 is 1. The van der Waals surface area contributed by atoms with Crippen LogP contribution in [0.1, 0.15) is 17.7 Å². The van der Waals surface area contributed by atoms with Crippen LogP contribution in [-0.2, 0) is 24.5 Å². The third-order valence-corrected chi connectivity index (χ3v) is 8.86. The maximum atomic E-state index is 13.7. The summed E-state index contributed by atoms with van der Waals surface area (Å²) in [4.78, 5) is 21.4. The zero-order chi connectivity index (χ0) is 34.2. The summed E-state index contributed by atoms with van der Waals surface area (Å²) in [6, 6.07) is 14.6. The molecule has 2 atom stereocenters. The normalized spacial score (nSPS) is 16.7. The molecule has 0 bridgehead atoms. The van der Waals surface area contributed by atoms with Gasteiger partial charge in [0.2, 0.25) is 5.88 Å². The number of ether oxygens (including phenoxy) is 2. The van der Waals surface area contributed by atoms with E-state index in [0.29, 0.717) is 52.9 Å². The first kappa shape index (κ1) is 33.6. The van der Waals surface area contributed by atoms with Crippen molar-refractivity contribution in [3.8, 4) is 28.3 Å². The second-order valence-electron chi connectivity index (χ2n) is 11.1. The number of benzene rings is 2. The van der Waals surface area contributed by atoms with Crippen molar-refractivity contribution < 1.29 is 27.8 Å². The molecule has 48 heavy (non-hydrogen) atoms. The first-order valence-corrected chi connectivity index (χ1v) is 15.5. The number of rotatable bonds is 8. The molecule has 0 amide bonds. The minimum atomic E-state index is -4.77. The Hall–Kier alpha value is -4.27. The Balaban J connectivity index is 1.34. The molecule has 250 valence electrons. The van der Waals surface area contributed by atoms with Crippen molar-refractivity contribution in [1.29, 1.82) is 0 Å². The van der Waals surface area contributed by atoms with Crippen LogP contribution in [0, 0.1) is 0 Å². The molecule has 1 fully saturated rings. The van der Waals surface area contributed by atoms with Gasteiger partial charge in [-0.3, -0.25) is 4.79 Å². The molecule has 3 N–H and O–H groups in total. The van der Waals surface area contributed by atoms with Gasteiger partial charge in [0.15, 0.2) is 0 Å². The van der Waals surface area contributed by atoms with Crippen LogP contribution >= 0.6 is 23.2 Å². The molecular formula is C33H29Cl2F3N6O4. The number of pyridine rings is 2. The van der Waals surface area contributed by atoms with Crippen molar-refractivity contribution in [3.05, 3.63) is 92.5 Å². The molecule has 0 saturated carbocycles. The Morgan fingerprint density at radius 3 is 2.52 bits per heavy atom. The molecule has 2 aromatic carbocycles. The van der Waals surface area contributed by atoms with Gasteiger partial charge in [-0.2, -0.15) is 18.3 Å². The van der Waals surface area contributed by atoms with Gasteiger partial charge in [0.25, 0.3) is 5.56 Å². The summed E-state index contributed by atoms with van der Waals surface area (Å²) in [6.45, 7) is 1.26. The minimum absolute atomic E-state index is 0.0307. The maximum absolute atomic E-state index is 13.7. The first-order chi connectivity index (χ1) is 23.0. The van der Waals surface area contributed by atoms with Crippen molar-refractivity contribution >= 4 is 45.5 Å². The monoisotopic (exact) mass is 700 g/mol. The van der Waals surface area contributed by atoms with Gasteiger partial charge < -0.3 is 25.2 Å². The highest BCUT2D eigenvalue weighted by atomic mass is 35.5. The quantitative estimate of drug-likeness (QED) is 0.169. The van der Waals surface area contributed by atoms with E-state index in [4.69, 9.17) is 37.7 Å². The van der Waals surface area contributed by atoms with E-state index < -0.39 is 23.5 Å². The van der Waals surface area contributed by atoms with Gasteiger partial charge in [0, 0.05) is 53.9 Å². The van der Waals surface area contributed by atoms with Crippen molar-refractivity contribution in [2.75, 3.05) is 25.6 Å². The van der Waals surface area contributed by atoms with E-state index in [1.165, 1.54) is 20.4 Å². The van der Waals surface area contributed by atoms with Crippen LogP contribution in [-0.4, -0.2) is 57.3 Å². The summed E-state index contributed by atoms with van der Waals surface area (Å²) < 4.78 is 53.1. The molecule has 1 aliphatic heterocycles. The zero-order valence-corrected chi connectivity index (χ0v) is 27.1. The van der Waals surface area contributed by atoms with Gasteiger partial charge in [-0.05, 0) is 24.6 Å². The van der Waals surface area contributed by atoms with Gasteiger partial charge >= 0.3 is 6.18 Å². The lowest BCUT2D eigenvalue weighted by molar-refractivity contribution is -0.140. The van der Waals surface area contributed by atoms with E-state index >= 15 is 0 Å². The number of nitrogens with zero attached hydrogens (tertiary/aromatic N) is 4. The number of aliphatic hydroxyl groups is 1. The second-order valence-corrected chi connectivity index (χ2v) is 11.9. The maximum Gasteiger partial charge on any atom is 0.433 e. The molecule has 5 aromatic rings. The molecule has 0 unspecified atom stereocenters. The highest BCUT2D eigenvalue weighted by Gasteiger charge is 2.34. The number of aromatic nitrogens is 4. The standard InChI is InChI=1S/C33H29Cl2F3N6O4/c1-44-32(46)27-18(15-40-44)13-26(33(36,37)38)43-30(27)41-24-8-4-6-20(29(24)35)19-5-3-7-21(28(19)34)22-10-9-17(31(42-22)47-2)14-39-23-11-12-48-16-25(23)45/h3-10,13,15,23,25,39,45H,11-12,14,16H2,1-2H3,(H,41,43)/t23-,25+/m1/s1. The van der Waals surface area contributed by atoms with Gasteiger partial charge in [-0.1, -0.05) is 59.6 Å². The predicted molar refractivity (Wildman–Crippen MR) is 177 cm³/mol. The molecule has 0 radical (unpaired) electrons.